The Bertz CT molecular complexity index is 1170. The van der Waals surface area contributed by atoms with Gasteiger partial charge in [0.2, 0.25) is 0 Å². The van der Waals surface area contributed by atoms with Crippen LogP contribution in [0.15, 0.2) is 53.6 Å². The van der Waals surface area contributed by atoms with Crippen molar-refractivity contribution in [3.8, 4) is 0 Å². The second kappa shape index (κ2) is 8.62. The second-order valence-electron chi connectivity index (χ2n) is 7.66. The number of hydrogen-bond donors (Lipinski definition) is 2. The number of anilines is 1. The molecule has 2 amide bonds. The van der Waals surface area contributed by atoms with E-state index in [1.807, 2.05) is 27.7 Å². The van der Waals surface area contributed by atoms with E-state index in [-0.39, 0.29) is 16.7 Å². The van der Waals surface area contributed by atoms with Crippen LogP contribution in [-0.4, -0.2) is 19.4 Å². The molecule has 1 heterocycles. The average Bonchev–Trinajstić information content (AvgIpc) is 2.67. The highest BCUT2D eigenvalue weighted by atomic mass is 35.5. The van der Waals surface area contributed by atoms with Crippen molar-refractivity contribution in [2.24, 2.45) is 0 Å². The third kappa shape index (κ3) is 4.57. The average molecular weight is 446 g/mol. The molecule has 0 aliphatic rings. The first-order chi connectivity index (χ1) is 14.1. The van der Waals surface area contributed by atoms with Crippen molar-refractivity contribution in [3.63, 3.8) is 0 Å². The number of aromatic nitrogens is 1. The SMILES string of the molecule is CC(C)c1cc(Cl)cc(C(C)C)c1NC(=O)NS(=O)(=O)c1cccc2cccnc12. The molecule has 0 atom stereocenters. The van der Waals surface area contributed by atoms with Crippen LogP contribution < -0.4 is 10.0 Å². The quantitative estimate of drug-likeness (QED) is 0.531. The highest BCUT2D eigenvalue weighted by Gasteiger charge is 2.23. The fourth-order valence-corrected chi connectivity index (χ4v) is 4.64. The Hall–Kier alpha value is -2.64. The standard InChI is InChI=1S/C22H24ClN3O3S/c1-13(2)17-11-16(23)12-18(14(3)4)21(17)25-22(27)26-30(28,29)19-9-5-7-15-8-6-10-24-20(15)19/h5-14H,1-4H3,(H2,25,26,27). The molecule has 8 heteroatoms. The van der Waals surface area contributed by atoms with Gasteiger partial charge in [-0.2, -0.15) is 0 Å². The number of benzene rings is 2. The van der Waals surface area contributed by atoms with Gasteiger partial charge in [-0.3, -0.25) is 4.98 Å². The lowest BCUT2D eigenvalue weighted by atomic mass is 9.92. The molecule has 0 saturated heterocycles. The number of nitrogens with one attached hydrogen (secondary N) is 2. The summed E-state index contributed by atoms with van der Waals surface area (Å²) in [5.41, 5.74) is 2.56. The van der Waals surface area contributed by atoms with E-state index in [1.54, 1.807) is 36.4 Å². The van der Waals surface area contributed by atoms with Crippen LogP contribution in [0.25, 0.3) is 10.9 Å². The largest absolute Gasteiger partial charge is 0.333 e. The van der Waals surface area contributed by atoms with Gasteiger partial charge in [0, 0.05) is 22.3 Å². The number of nitrogens with zero attached hydrogens (tertiary/aromatic N) is 1. The highest BCUT2D eigenvalue weighted by Crippen LogP contribution is 2.35. The molecule has 0 spiro atoms. The van der Waals surface area contributed by atoms with Crippen molar-refractivity contribution in [2.45, 2.75) is 44.4 Å². The van der Waals surface area contributed by atoms with E-state index < -0.39 is 16.1 Å². The Kier molecular flexibility index (Phi) is 6.33. The van der Waals surface area contributed by atoms with Crippen LogP contribution in [0.2, 0.25) is 5.02 Å². The molecular weight excluding hydrogens is 422 g/mol. The number of para-hydroxylation sites is 1. The van der Waals surface area contributed by atoms with Crippen molar-refractivity contribution >= 4 is 44.2 Å². The zero-order valence-corrected chi connectivity index (χ0v) is 18.8. The lowest BCUT2D eigenvalue weighted by molar-refractivity contribution is 0.256. The Balaban J connectivity index is 1.96. The van der Waals surface area contributed by atoms with Gasteiger partial charge in [0.25, 0.3) is 10.0 Å². The summed E-state index contributed by atoms with van der Waals surface area (Å²) in [5, 5.41) is 3.98. The van der Waals surface area contributed by atoms with Crippen molar-refractivity contribution < 1.29 is 13.2 Å². The molecule has 0 aliphatic carbocycles. The van der Waals surface area contributed by atoms with Gasteiger partial charge in [0.1, 0.15) is 4.90 Å². The summed E-state index contributed by atoms with van der Waals surface area (Å²) in [6, 6.07) is 11.0. The number of carbonyl (C=O) groups is 1. The van der Waals surface area contributed by atoms with Gasteiger partial charge in [-0.05, 0) is 47.2 Å². The van der Waals surface area contributed by atoms with Crippen LogP contribution in [0.4, 0.5) is 10.5 Å². The number of sulfonamides is 1. The third-order valence-corrected chi connectivity index (χ3v) is 6.34. The van der Waals surface area contributed by atoms with Crippen LogP contribution in [0.1, 0.15) is 50.7 Å². The van der Waals surface area contributed by atoms with E-state index in [9.17, 15) is 13.2 Å². The second-order valence-corrected chi connectivity index (χ2v) is 9.75. The Morgan fingerprint density at radius 3 is 2.20 bits per heavy atom. The topological polar surface area (TPSA) is 88.2 Å². The molecule has 158 valence electrons. The lowest BCUT2D eigenvalue weighted by Crippen LogP contribution is -2.35. The van der Waals surface area contributed by atoms with Crippen LogP contribution in [0.3, 0.4) is 0 Å². The maximum absolute atomic E-state index is 12.9. The van der Waals surface area contributed by atoms with Gasteiger partial charge in [-0.25, -0.2) is 17.9 Å². The smallest absolute Gasteiger partial charge is 0.307 e. The first-order valence-electron chi connectivity index (χ1n) is 9.61. The summed E-state index contributed by atoms with van der Waals surface area (Å²) in [6.45, 7) is 7.93. The van der Waals surface area contributed by atoms with Crippen molar-refractivity contribution in [1.82, 2.24) is 9.71 Å². The minimum atomic E-state index is -4.13. The minimum Gasteiger partial charge on any atom is -0.307 e. The number of fused-ring (bicyclic) bond motifs is 1. The molecule has 30 heavy (non-hydrogen) atoms. The summed E-state index contributed by atoms with van der Waals surface area (Å²) in [6.07, 6.45) is 1.51. The van der Waals surface area contributed by atoms with E-state index in [2.05, 4.69) is 15.0 Å². The summed E-state index contributed by atoms with van der Waals surface area (Å²) in [4.78, 5) is 16.8. The predicted molar refractivity (Wildman–Crippen MR) is 121 cm³/mol. The zero-order valence-electron chi connectivity index (χ0n) is 17.2. The molecule has 3 rings (SSSR count). The van der Waals surface area contributed by atoms with E-state index in [0.29, 0.717) is 21.6 Å². The molecule has 0 fully saturated rings. The van der Waals surface area contributed by atoms with Gasteiger partial charge in [-0.1, -0.05) is 57.5 Å². The summed E-state index contributed by atoms with van der Waals surface area (Å²) in [5.74, 6) is 0.158. The molecular formula is C22H24ClN3O3S. The van der Waals surface area contributed by atoms with Crippen molar-refractivity contribution in [2.75, 3.05) is 5.32 Å². The van der Waals surface area contributed by atoms with Gasteiger partial charge in [-0.15, -0.1) is 0 Å². The van der Waals surface area contributed by atoms with E-state index in [0.717, 1.165) is 11.1 Å². The summed E-state index contributed by atoms with van der Waals surface area (Å²) < 4.78 is 27.9. The fourth-order valence-electron chi connectivity index (χ4n) is 3.31. The van der Waals surface area contributed by atoms with Gasteiger partial charge < -0.3 is 5.32 Å². The fraction of sp³-hybridized carbons (Fsp3) is 0.273. The number of rotatable bonds is 5. The van der Waals surface area contributed by atoms with Crippen LogP contribution >= 0.6 is 11.6 Å². The number of urea groups is 1. The number of pyridine rings is 1. The maximum Gasteiger partial charge on any atom is 0.333 e. The number of hydrogen-bond acceptors (Lipinski definition) is 4. The van der Waals surface area contributed by atoms with Crippen molar-refractivity contribution in [1.29, 1.82) is 0 Å². The molecule has 0 aliphatic heterocycles. The molecule has 0 radical (unpaired) electrons. The summed E-state index contributed by atoms with van der Waals surface area (Å²) in [7, 11) is -4.13. The molecule has 2 N–H and O–H groups in total. The Morgan fingerprint density at radius 2 is 1.60 bits per heavy atom. The van der Waals surface area contributed by atoms with Gasteiger partial charge in [0.15, 0.2) is 0 Å². The van der Waals surface area contributed by atoms with Gasteiger partial charge >= 0.3 is 6.03 Å². The molecule has 6 nitrogen and oxygen atoms in total. The molecule has 3 aromatic rings. The first-order valence-corrected chi connectivity index (χ1v) is 11.5. The normalized spacial score (nSPS) is 11.8. The minimum absolute atomic E-state index is 0.0555. The van der Waals surface area contributed by atoms with E-state index in [4.69, 9.17) is 11.6 Å². The van der Waals surface area contributed by atoms with Crippen LogP contribution in [0.5, 0.6) is 0 Å². The number of halogens is 1. The van der Waals surface area contributed by atoms with Crippen LogP contribution in [-0.2, 0) is 10.0 Å². The highest BCUT2D eigenvalue weighted by molar-refractivity contribution is 7.90. The number of carbonyl (C=O) groups excluding carboxylic acids is 1. The first kappa shape index (κ1) is 22.1. The van der Waals surface area contributed by atoms with Crippen LogP contribution in [0, 0.1) is 0 Å². The Morgan fingerprint density at radius 1 is 1.00 bits per heavy atom. The van der Waals surface area contributed by atoms with E-state index >= 15 is 0 Å². The van der Waals surface area contributed by atoms with E-state index in [1.165, 1.54) is 12.3 Å². The predicted octanol–water partition coefficient (Wildman–Crippen LogP) is 5.65. The molecule has 1 aromatic heterocycles. The molecule has 2 aromatic carbocycles. The lowest BCUT2D eigenvalue weighted by Gasteiger charge is -2.21. The van der Waals surface area contributed by atoms with Crippen molar-refractivity contribution in [3.05, 3.63) is 64.8 Å². The number of amides is 2. The molecule has 0 saturated carbocycles. The molecule has 0 bridgehead atoms. The summed E-state index contributed by atoms with van der Waals surface area (Å²) >= 11 is 6.26. The van der Waals surface area contributed by atoms with Gasteiger partial charge in [0.05, 0.1) is 5.52 Å². The monoisotopic (exact) mass is 445 g/mol. The Labute approximate surface area is 181 Å². The maximum atomic E-state index is 12.9. The third-order valence-electron chi connectivity index (χ3n) is 4.76. The zero-order chi connectivity index (χ0) is 22.1. The molecule has 0 unspecified atom stereocenters.